The summed E-state index contributed by atoms with van der Waals surface area (Å²) in [6.07, 6.45) is 3.33. The highest BCUT2D eigenvalue weighted by molar-refractivity contribution is 5.92. The molecule has 0 aromatic heterocycles. The Morgan fingerprint density at radius 2 is 1.86 bits per heavy atom. The van der Waals surface area contributed by atoms with Crippen molar-refractivity contribution in [2.45, 2.75) is 46.1 Å². The van der Waals surface area contributed by atoms with Gasteiger partial charge in [-0.3, -0.25) is 4.99 Å². The van der Waals surface area contributed by atoms with Crippen molar-refractivity contribution >= 4 is 11.6 Å². The first kappa shape index (κ1) is 18.3. The lowest BCUT2D eigenvalue weighted by molar-refractivity contribution is 0.130. The molecule has 0 spiro atoms. The quantitative estimate of drug-likeness (QED) is 0.395. The van der Waals surface area contributed by atoms with Gasteiger partial charge in [0.1, 0.15) is 5.75 Å². The van der Waals surface area contributed by atoms with Crippen LogP contribution in [0.2, 0.25) is 0 Å². The predicted octanol–water partition coefficient (Wildman–Crippen LogP) is 3.41. The lowest BCUT2D eigenvalue weighted by Gasteiger charge is -2.11. The summed E-state index contributed by atoms with van der Waals surface area (Å²) in [6, 6.07) is 7.68. The van der Waals surface area contributed by atoms with Crippen molar-refractivity contribution in [3.8, 4) is 5.75 Å². The van der Waals surface area contributed by atoms with Gasteiger partial charge in [0.15, 0.2) is 5.96 Å². The minimum Gasteiger partial charge on any atom is -0.491 e. The van der Waals surface area contributed by atoms with E-state index in [9.17, 15) is 0 Å². The normalized spacial score (nSPS) is 11.7. The molecule has 1 aromatic rings. The van der Waals surface area contributed by atoms with E-state index < -0.39 is 0 Å². The van der Waals surface area contributed by atoms with Gasteiger partial charge in [-0.15, -0.1) is 0 Å². The molecule has 0 amide bonds. The molecule has 0 fully saturated rings. The van der Waals surface area contributed by atoms with Crippen molar-refractivity contribution < 1.29 is 9.47 Å². The number of anilines is 1. The molecule has 5 nitrogen and oxygen atoms in total. The van der Waals surface area contributed by atoms with Gasteiger partial charge in [0.25, 0.3) is 0 Å². The highest BCUT2D eigenvalue weighted by atomic mass is 16.5. The highest BCUT2D eigenvalue weighted by Crippen LogP contribution is 2.16. The molecule has 0 aliphatic carbocycles. The molecule has 22 heavy (non-hydrogen) atoms. The number of benzene rings is 1. The van der Waals surface area contributed by atoms with Crippen molar-refractivity contribution in [2.24, 2.45) is 10.7 Å². The number of nitrogens with one attached hydrogen (secondary N) is 1. The Morgan fingerprint density at radius 1 is 1.18 bits per heavy atom. The summed E-state index contributed by atoms with van der Waals surface area (Å²) in [5.41, 5.74) is 6.75. The molecule has 0 radical (unpaired) electrons. The molecule has 1 aromatic carbocycles. The van der Waals surface area contributed by atoms with E-state index >= 15 is 0 Å². The van der Waals surface area contributed by atoms with Crippen LogP contribution in [-0.2, 0) is 4.74 Å². The van der Waals surface area contributed by atoms with Gasteiger partial charge in [0.2, 0.25) is 0 Å². The van der Waals surface area contributed by atoms with E-state index in [1.54, 1.807) is 0 Å². The molecule has 0 heterocycles. The average Bonchev–Trinajstić information content (AvgIpc) is 2.48. The highest BCUT2D eigenvalue weighted by Gasteiger charge is 1.99. The second kappa shape index (κ2) is 10.9. The maximum atomic E-state index is 5.85. The van der Waals surface area contributed by atoms with Crippen LogP contribution in [0.1, 0.15) is 40.0 Å². The second-order valence-electron chi connectivity index (χ2n) is 5.40. The Morgan fingerprint density at radius 3 is 2.50 bits per heavy atom. The van der Waals surface area contributed by atoms with E-state index in [0.717, 1.165) is 43.9 Å². The van der Waals surface area contributed by atoms with Gasteiger partial charge < -0.3 is 20.5 Å². The first-order valence-electron chi connectivity index (χ1n) is 8.03. The second-order valence-corrected chi connectivity index (χ2v) is 5.40. The van der Waals surface area contributed by atoms with E-state index in [4.69, 9.17) is 15.2 Å². The average molecular weight is 307 g/mol. The Kier molecular flexibility index (Phi) is 9.07. The summed E-state index contributed by atoms with van der Waals surface area (Å²) in [5, 5.41) is 3.07. The predicted molar refractivity (Wildman–Crippen MR) is 92.7 cm³/mol. The van der Waals surface area contributed by atoms with Gasteiger partial charge >= 0.3 is 0 Å². The zero-order chi connectivity index (χ0) is 16.2. The number of aliphatic imine (C=N–C) groups is 1. The number of guanidine groups is 1. The molecule has 124 valence electrons. The first-order chi connectivity index (χ1) is 10.6. The summed E-state index contributed by atoms with van der Waals surface area (Å²) in [4.78, 5) is 4.28. The first-order valence-corrected chi connectivity index (χ1v) is 8.03. The van der Waals surface area contributed by atoms with E-state index in [2.05, 4.69) is 17.2 Å². The zero-order valence-electron chi connectivity index (χ0n) is 14.0. The van der Waals surface area contributed by atoms with E-state index in [-0.39, 0.29) is 6.10 Å². The van der Waals surface area contributed by atoms with Crippen molar-refractivity contribution in [3.05, 3.63) is 24.3 Å². The smallest absolute Gasteiger partial charge is 0.193 e. The third-order valence-electron chi connectivity index (χ3n) is 2.87. The summed E-state index contributed by atoms with van der Waals surface area (Å²) >= 11 is 0. The van der Waals surface area contributed by atoms with Crippen molar-refractivity contribution in [1.82, 2.24) is 0 Å². The topological polar surface area (TPSA) is 68.9 Å². The number of hydrogen-bond acceptors (Lipinski definition) is 3. The van der Waals surface area contributed by atoms with Crippen LogP contribution >= 0.6 is 0 Å². The van der Waals surface area contributed by atoms with Crippen molar-refractivity contribution in [1.29, 1.82) is 0 Å². The van der Waals surface area contributed by atoms with E-state index in [1.807, 2.05) is 38.1 Å². The minimum atomic E-state index is 0.171. The maximum absolute atomic E-state index is 5.85. The number of rotatable bonds is 10. The van der Waals surface area contributed by atoms with E-state index in [1.165, 1.54) is 0 Å². The molecule has 0 unspecified atom stereocenters. The van der Waals surface area contributed by atoms with Crippen LogP contribution in [-0.4, -0.2) is 31.8 Å². The van der Waals surface area contributed by atoms with Crippen molar-refractivity contribution in [2.75, 3.05) is 25.1 Å². The zero-order valence-corrected chi connectivity index (χ0v) is 14.0. The number of nitrogens with zero attached hydrogens (tertiary/aromatic N) is 1. The van der Waals surface area contributed by atoms with Crippen LogP contribution in [0.3, 0.4) is 0 Å². The summed E-state index contributed by atoms with van der Waals surface area (Å²) in [7, 11) is 0. The van der Waals surface area contributed by atoms with Crippen LogP contribution in [0.15, 0.2) is 29.3 Å². The maximum Gasteiger partial charge on any atom is 0.193 e. The fourth-order valence-corrected chi connectivity index (χ4v) is 1.79. The monoisotopic (exact) mass is 307 g/mol. The minimum absolute atomic E-state index is 0.171. The lowest BCUT2D eigenvalue weighted by atomic mass is 10.3. The Balaban J connectivity index is 2.25. The van der Waals surface area contributed by atoms with Crippen LogP contribution < -0.4 is 15.8 Å². The lowest BCUT2D eigenvalue weighted by Crippen LogP contribution is -2.23. The molecular formula is C17H29N3O2. The van der Waals surface area contributed by atoms with Gasteiger partial charge in [-0.05, 0) is 51.0 Å². The Bertz CT molecular complexity index is 430. The third-order valence-corrected chi connectivity index (χ3v) is 2.87. The molecular weight excluding hydrogens is 278 g/mol. The van der Waals surface area contributed by atoms with Gasteiger partial charge in [0, 0.05) is 25.4 Å². The summed E-state index contributed by atoms with van der Waals surface area (Å²) in [6.45, 7) is 8.39. The van der Waals surface area contributed by atoms with Crippen LogP contribution in [0.25, 0.3) is 0 Å². The number of nitrogens with two attached hydrogens (primary N) is 1. The van der Waals surface area contributed by atoms with Crippen LogP contribution in [0, 0.1) is 0 Å². The van der Waals surface area contributed by atoms with Gasteiger partial charge in [-0.25, -0.2) is 0 Å². The Hall–Kier alpha value is -1.75. The number of unbranched alkanes of at least 4 members (excludes halogenated alkanes) is 1. The summed E-state index contributed by atoms with van der Waals surface area (Å²) in [5.74, 6) is 1.27. The largest absolute Gasteiger partial charge is 0.491 e. The molecule has 0 atom stereocenters. The van der Waals surface area contributed by atoms with E-state index in [0.29, 0.717) is 12.5 Å². The molecule has 0 saturated carbocycles. The molecule has 0 saturated heterocycles. The van der Waals surface area contributed by atoms with Gasteiger partial charge in [-0.2, -0.15) is 0 Å². The number of ether oxygens (including phenoxy) is 2. The van der Waals surface area contributed by atoms with Crippen LogP contribution in [0.5, 0.6) is 5.75 Å². The summed E-state index contributed by atoms with van der Waals surface area (Å²) < 4.78 is 11.1. The Labute approximate surface area is 133 Å². The molecule has 1 rings (SSSR count). The molecule has 3 N–H and O–H groups in total. The fourth-order valence-electron chi connectivity index (χ4n) is 1.79. The molecule has 0 aliphatic heterocycles. The third kappa shape index (κ3) is 8.52. The van der Waals surface area contributed by atoms with Crippen molar-refractivity contribution in [3.63, 3.8) is 0 Å². The van der Waals surface area contributed by atoms with Gasteiger partial charge in [0.05, 0.1) is 6.10 Å². The number of hydrogen-bond donors (Lipinski definition) is 2. The molecule has 0 aliphatic rings. The molecule has 0 bridgehead atoms. The van der Waals surface area contributed by atoms with Gasteiger partial charge in [-0.1, -0.05) is 13.3 Å². The molecule has 5 heteroatoms. The van der Waals surface area contributed by atoms with Crippen LogP contribution in [0.4, 0.5) is 5.69 Å². The SMILES string of the molecule is CCCCOCCCN=C(N)Nc1ccc(OC(C)C)cc1. The fraction of sp³-hybridized carbons (Fsp3) is 0.588. The standard InChI is InChI=1S/C17H29N3O2/c1-4-5-12-21-13-6-11-19-17(18)20-15-7-9-16(10-8-15)22-14(2)3/h7-10,14H,4-6,11-13H2,1-3H3,(H3,18,19,20).